The Balaban J connectivity index is 3.69. The van der Waals surface area contributed by atoms with Crippen LogP contribution in [0.15, 0.2) is 24.8 Å². The summed E-state index contributed by atoms with van der Waals surface area (Å²) in [6, 6.07) is 0. The number of carbonyl (C=O) groups is 2. The topological polar surface area (TPSA) is 52.6 Å². The molecule has 0 aromatic carbocycles. The lowest BCUT2D eigenvalue weighted by Crippen LogP contribution is -2.20. The van der Waals surface area contributed by atoms with Crippen LogP contribution in [0.5, 0.6) is 0 Å². The largest absolute Gasteiger partial charge is 0.453 e. The molecule has 0 N–H and O–H groups in total. The second-order valence-electron chi connectivity index (χ2n) is 2.05. The Hall–Kier alpha value is -1.58. The lowest BCUT2D eigenvalue weighted by Gasteiger charge is -2.00. The van der Waals surface area contributed by atoms with Crippen molar-refractivity contribution >= 4 is 11.9 Å². The summed E-state index contributed by atoms with van der Waals surface area (Å²) >= 11 is 0. The van der Waals surface area contributed by atoms with E-state index >= 15 is 0 Å². The van der Waals surface area contributed by atoms with Gasteiger partial charge in [0.1, 0.15) is 13.2 Å². The van der Waals surface area contributed by atoms with Crippen LogP contribution in [-0.4, -0.2) is 25.2 Å². The summed E-state index contributed by atoms with van der Waals surface area (Å²) in [5.41, 5.74) is 0. The lowest BCUT2D eigenvalue weighted by atomic mass is 10.5. The zero-order chi connectivity index (χ0) is 10.1. The molecule has 0 heterocycles. The Morgan fingerprint density at radius 1 is 1.23 bits per heavy atom. The first-order chi connectivity index (χ1) is 6.22. The van der Waals surface area contributed by atoms with Crippen LogP contribution in [0.3, 0.4) is 0 Å². The van der Waals surface area contributed by atoms with Gasteiger partial charge in [-0.1, -0.05) is 24.8 Å². The number of hydrogen-bond donors (Lipinski definition) is 0. The van der Waals surface area contributed by atoms with Crippen molar-refractivity contribution in [1.29, 1.82) is 0 Å². The molecule has 0 rings (SSSR count). The van der Waals surface area contributed by atoms with Crippen molar-refractivity contribution < 1.29 is 19.1 Å². The molecule has 0 aliphatic carbocycles. The lowest BCUT2D eigenvalue weighted by molar-refractivity contribution is -0.166. The summed E-state index contributed by atoms with van der Waals surface area (Å²) in [5, 5.41) is 0. The smallest absolute Gasteiger partial charge is 0.417 e. The van der Waals surface area contributed by atoms with E-state index in [1.807, 2.05) is 0 Å². The van der Waals surface area contributed by atoms with Gasteiger partial charge in [-0.15, -0.1) is 0 Å². The number of allylic oxidation sites excluding steroid dienone is 1. The molecule has 0 atom stereocenters. The van der Waals surface area contributed by atoms with Crippen LogP contribution in [0, 0.1) is 0 Å². The molecular weight excluding hydrogens is 172 g/mol. The van der Waals surface area contributed by atoms with E-state index in [1.165, 1.54) is 6.08 Å². The van der Waals surface area contributed by atoms with Gasteiger partial charge in [-0.05, 0) is 6.92 Å². The van der Waals surface area contributed by atoms with Crippen molar-refractivity contribution in [2.45, 2.75) is 6.92 Å². The van der Waals surface area contributed by atoms with Gasteiger partial charge in [0.15, 0.2) is 0 Å². The van der Waals surface area contributed by atoms with E-state index < -0.39 is 11.9 Å². The standard InChI is InChI=1S/C9H12O4/c1-3-5-7-13-9(11)8(10)12-6-4-2/h3-5H,2,6-7H2,1H3/b5-3+. The first kappa shape index (κ1) is 11.4. The molecule has 0 unspecified atom stereocenters. The second kappa shape index (κ2) is 7.09. The molecule has 72 valence electrons. The summed E-state index contributed by atoms with van der Waals surface area (Å²) in [5.74, 6) is -1.98. The first-order valence-corrected chi connectivity index (χ1v) is 3.78. The molecule has 0 fully saturated rings. The van der Waals surface area contributed by atoms with Crippen LogP contribution in [0.1, 0.15) is 6.92 Å². The van der Waals surface area contributed by atoms with Crippen LogP contribution < -0.4 is 0 Å². The average Bonchev–Trinajstić information content (AvgIpc) is 2.14. The SMILES string of the molecule is C=CCOC(=O)C(=O)OC/C=C/C. The number of rotatable bonds is 4. The molecule has 0 amide bonds. The molecule has 0 saturated heterocycles. The highest BCUT2D eigenvalue weighted by molar-refractivity contribution is 6.29. The zero-order valence-corrected chi connectivity index (χ0v) is 7.49. The van der Waals surface area contributed by atoms with E-state index in [0.717, 1.165) is 0 Å². The summed E-state index contributed by atoms with van der Waals surface area (Å²) in [4.78, 5) is 21.5. The van der Waals surface area contributed by atoms with Gasteiger partial charge in [-0.25, -0.2) is 9.59 Å². The molecule has 0 spiro atoms. The molecule has 0 radical (unpaired) electrons. The number of esters is 2. The fourth-order valence-electron chi connectivity index (χ4n) is 0.472. The average molecular weight is 184 g/mol. The molecule has 0 aliphatic rings. The maximum Gasteiger partial charge on any atom is 0.417 e. The normalized spacial score (nSPS) is 9.62. The Labute approximate surface area is 76.8 Å². The van der Waals surface area contributed by atoms with Crippen molar-refractivity contribution in [2.75, 3.05) is 13.2 Å². The van der Waals surface area contributed by atoms with Gasteiger partial charge in [0.2, 0.25) is 0 Å². The molecule has 4 nitrogen and oxygen atoms in total. The summed E-state index contributed by atoms with van der Waals surface area (Å²) in [7, 11) is 0. The fraction of sp³-hybridized carbons (Fsp3) is 0.333. The molecule has 0 bridgehead atoms. The molecule has 0 aromatic heterocycles. The van der Waals surface area contributed by atoms with E-state index in [1.54, 1.807) is 19.1 Å². The Morgan fingerprint density at radius 3 is 2.23 bits per heavy atom. The molecule has 4 heteroatoms. The van der Waals surface area contributed by atoms with Gasteiger partial charge >= 0.3 is 11.9 Å². The highest BCUT2D eigenvalue weighted by Gasteiger charge is 2.15. The maximum absolute atomic E-state index is 10.8. The Morgan fingerprint density at radius 2 is 1.77 bits per heavy atom. The molecule has 13 heavy (non-hydrogen) atoms. The third kappa shape index (κ3) is 5.66. The predicted molar refractivity (Wildman–Crippen MR) is 46.9 cm³/mol. The van der Waals surface area contributed by atoms with Crippen LogP contribution >= 0.6 is 0 Å². The minimum Gasteiger partial charge on any atom is -0.453 e. The van der Waals surface area contributed by atoms with Crippen molar-refractivity contribution in [3.63, 3.8) is 0 Å². The van der Waals surface area contributed by atoms with E-state index in [-0.39, 0.29) is 13.2 Å². The zero-order valence-electron chi connectivity index (χ0n) is 7.49. The van der Waals surface area contributed by atoms with Gasteiger partial charge in [-0.3, -0.25) is 0 Å². The fourth-order valence-corrected chi connectivity index (χ4v) is 0.472. The van der Waals surface area contributed by atoms with Gasteiger partial charge in [-0.2, -0.15) is 0 Å². The van der Waals surface area contributed by atoms with Gasteiger partial charge in [0.05, 0.1) is 0 Å². The molecular formula is C9H12O4. The van der Waals surface area contributed by atoms with Gasteiger partial charge in [0.25, 0.3) is 0 Å². The highest BCUT2D eigenvalue weighted by Crippen LogP contribution is 1.86. The van der Waals surface area contributed by atoms with Crippen LogP contribution in [-0.2, 0) is 19.1 Å². The predicted octanol–water partition coefficient (Wildman–Crippen LogP) is 0.835. The summed E-state index contributed by atoms with van der Waals surface area (Å²) < 4.78 is 8.93. The van der Waals surface area contributed by atoms with Crippen LogP contribution in [0.2, 0.25) is 0 Å². The van der Waals surface area contributed by atoms with E-state index in [0.29, 0.717) is 0 Å². The van der Waals surface area contributed by atoms with Crippen molar-refractivity contribution in [3.05, 3.63) is 24.8 Å². The highest BCUT2D eigenvalue weighted by atomic mass is 16.6. The number of ether oxygens (including phenoxy) is 2. The quantitative estimate of drug-likeness (QED) is 0.369. The minimum absolute atomic E-state index is 0.0115. The summed E-state index contributed by atoms with van der Waals surface area (Å²) in [6.07, 6.45) is 4.69. The minimum atomic E-state index is -0.996. The molecule has 0 saturated carbocycles. The second-order valence-corrected chi connectivity index (χ2v) is 2.05. The molecule has 0 aliphatic heterocycles. The molecule has 0 aromatic rings. The number of hydrogen-bond acceptors (Lipinski definition) is 4. The monoisotopic (exact) mass is 184 g/mol. The van der Waals surface area contributed by atoms with E-state index in [4.69, 9.17) is 0 Å². The van der Waals surface area contributed by atoms with Crippen molar-refractivity contribution in [2.24, 2.45) is 0 Å². The van der Waals surface area contributed by atoms with E-state index in [9.17, 15) is 9.59 Å². The van der Waals surface area contributed by atoms with Gasteiger partial charge in [0, 0.05) is 0 Å². The first-order valence-electron chi connectivity index (χ1n) is 3.78. The maximum atomic E-state index is 10.8. The third-order valence-electron chi connectivity index (χ3n) is 1.05. The van der Waals surface area contributed by atoms with Crippen LogP contribution in [0.4, 0.5) is 0 Å². The Kier molecular flexibility index (Phi) is 6.23. The van der Waals surface area contributed by atoms with Gasteiger partial charge < -0.3 is 9.47 Å². The van der Waals surface area contributed by atoms with Crippen LogP contribution in [0.25, 0.3) is 0 Å². The third-order valence-corrected chi connectivity index (χ3v) is 1.05. The number of carbonyl (C=O) groups excluding carboxylic acids is 2. The Bertz CT molecular complexity index is 218. The van der Waals surface area contributed by atoms with Crippen molar-refractivity contribution in [1.82, 2.24) is 0 Å². The van der Waals surface area contributed by atoms with Crippen molar-refractivity contribution in [3.8, 4) is 0 Å². The summed E-state index contributed by atoms with van der Waals surface area (Å²) in [6.45, 7) is 5.20. The van der Waals surface area contributed by atoms with E-state index in [2.05, 4.69) is 16.1 Å².